The molecule has 0 aliphatic carbocycles. The van der Waals surface area contributed by atoms with Gasteiger partial charge in [-0.25, -0.2) is 4.79 Å². The van der Waals surface area contributed by atoms with Crippen LogP contribution in [0.15, 0.2) is 53.0 Å². The summed E-state index contributed by atoms with van der Waals surface area (Å²) in [6.45, 7) is 0. The number of carbonyl (C=O) groups is 1. The fourth-order valence-electron chi connectivity index (χ4n) is 1.31. The first-order chi connectivity index (χ1) is 8.65. The van der Waals surface area contributed by atoms with Crippen molar-refractivity contribution >= 4 is 50.3 Å². The maximum absolute atomic E-state index is 11.6. The standard InChI is InChI=1S/C13H9BrINO2/c14-11-8-9(6-7-12(11)15)16-13(17)18-10-4-2-1-3-5-10/h1-8H,(H,16,17). The highest BCUT2D eigenvalue weighted by atomic mass is 127. The van der Waals surface area contributed by atoms with Gasteiger partial charge in [-0.3, -0.25) is 5.32 Å². The van der Waals surface area contributed by atoms with Crippen molar-refractivity contribution in [3.8, 4) is 5.75 Å². The fourth-order valence-corrected chi connectivity index (χ4v) is 2.03. The van der Waals surface area contributed by atoms with E-state index in [1.54, 1.807) is 12.1 Å². The third kappa shape index (κ3) is 3.71. The predicted octanol–water partition coefficient (Wildman–Crippen LogP) is 4.66. The number of anilines is 1. The van der Waals surface area contributed by atoms with Crippen molar-refractivity contribution in [3.05, 3.63) is 56.6 Å². The molecular formula is C13H9BrINO2. The average Bonchev–Trinajstić information content (AvgIpc) is 2.35. The van der Waals surface area contributed by atoms with Crippen molar-refractivity contribution in [2.75, 3.05) is 5.32 Å². The third-order valence-electron chi connectivity index (χ3n) is 2.12. The van der Waals surface area contributed by atoms with Crippen LogP contribution in [0.3, 0.4) is 0 Å². The van der Waals surface area contributed by atoms with E-state index in [4.69, 9.17) is 4.74 Å². The van der Waals surface area contributed by atoms with E-state index in [9.17, 15) is 4.79 Å². The van der Waals surface area contributed by atoms with Gasteiger partial charge in [0.2, 0.25) is 0 Å². The predicted molar refractivity (Wildman–Crippen MR) is 82.9 cm³/mol. The van der Waals surface area contributed by atoms with Crippen molar-refractivity contribution in [2.45, 2.75) is 0 Å². The van der Waals surface area contributed by atoms with E-state index in [0.29, 0.717) is 11.4 Å². The summed E-state index contributed by atoms with van der Waals surface area (Å²) in [5, 5.41) is 2.66. The molecule has 0 bridgehead atoms. The molecule has 1 amide bonds. The van der Waals surface area contributed by atoms with Crippen LogP contribution in [0, 0.1) is 3.57 Å². The molecule has 0 aliphatic rings. The Balaban J connectivity index is 2.01. The molecule has 2 rings (SSSR count). The minimum Gasteiger partial charge on any atom is -0.410 e. The van der Waals surface area contributed by atoms with Crippen molar-refractivity contribution in [2.24, 2.45) is 0 Å². The number of amides is 1. The zero-order chi connectivity index (χ0) is 13.0. The van der Waals surface area contributed by atoms with E-state index >= 15 is 0 Å². The Bertz CT molecular complexity index is 560. The third-order valence-corrected chi connectivity index (χ3v) is 4.46. The van der Waals surface area contributed by atoms with E-state index in [0.717, 1.165) is 8.04 Å². The molecule has 18 heavy (non-hydrogen) atoms. The lowest BCUT2D eigenvalue weighted by Gasteiger charge is -2.07. The Hall–Kier alpha value is -1.08. The molecule has 0 saturated heterocycles. The van der Waals surface area contributed by atoms with Crippen LogP contribution < -0.4 is 10.1 Å². The van der Waals surface area contributed by atoms with Crippen LogP contribution in [0.5, 0.6) is 5.75 Å². The van der Waals surface area contributed by atoms with Crippen molar-refractivity contribution in [1.29, 1.82) is 0 Å². The monoisotopic (exact) mass is 417 g/mol. The van der Waals surface area contributed by atoms with E-state index in [2.05, 4.69) is 43.8 Å². The largest absolute Gasteiger partial charge is 0.417 e. The zero-order valence-corrected chi connectivity index (χ0v) is 12.9. The van der Waals surface area contributed by atoms with Crippen LogP contribution in [-0.2, 0) is 0 Å². The Kier molecular flexibility index (Phi) is 4.60. The molecular weight excluding hydrogens is 409 g/mol. The van der Waals surface area contributed by atoms with Gasteiger partial charge in [-0.15, -0.1) is 0 Å². The van der Waals surface area contributed by atoms with Crippen molar-refractivity contribution in [3.63, 3.8) is 0 Å². The van der Waals surface area contributed by atoms with Gasteiger partial charge in [0.25, 0.3) is 0 Å². The van der Waals surface area contributed by atoms with Crippen LogP contribution >= 0.6 is 38.5 Å². The number of nitrogens with one attached hydrogen (secondary N) is 1. The Morgan fingerprint density at radius 3 is 2.56 bits per heavy atom. The molecule has 0 fully saturated rings. The molecule has 0 unspecified atom stereocenters. The second-order valence-electron chi connectivity index (χ2n) is 3.46. The minimum atomic E-state index is -0.505. The number of rotatable bonds is 2. The van der Waals surface area contributed by atoms with Crippen LogP contribution in [0.2, 0.25) is 0 Å². The molecule has 0 spiro atoms. The minimum absolute atomic E-state index is 0.505. The maximum Gasteiger partial charge on any atom is 0.417 e. The topological polar surface area (TPSA) is 38.3 Å². The van der Waals surface area contributed by atoms with E-state index in [-0.39, 0.29) is 0 Å². The summed E-state index contributed by atoms with van der Waals surface area (Å²) in [6.07, 6.45) is -0.505. The molecule has 0 aromatic heterocycles. The van der Waals surface area contributed by atoms with Crippen molar-refractivity contribution in [1.82, 2.24) is 0 Å². The molecule has 1 N–H and O–H groups in total. The first kappa shape index (κ1) is 13.4. The highest BCUT2D eigenvalue weighted by molar-refractivity contribution is 14.1. The first-order valence-electron chi connectivity index (χ1n) is 5.14. The SMILES string of the molecule is O=C(Nc1ccc(I)c(Br)c1)Oc1ccccc1. The number of hydrogen-bond acceptors (Lipinski definition) is 2. The van der Waals surface area contributed by atoms with E-state index in [1.807, 2.05) is 36.4 Å². The van der Waals surface area contributed by atoms with Gasteiger partial charge in [0, 0.05) is 13.7 Å². The summed E-state index contributed by atoms with van der Waals surface area (Å²) < 4.78 is 7.13. The van der Waals surface area contributed by atoms with Crippen LogP contribution in [0.4, 0.5) is 10.5 Å². The van der Waals surface area contributed by atoms with Gasteiger partial charge in [-0.1, -0.05) is 18.2 Å². The van der Waals surface area contributed by atoms with Gasteiger partial charge in [-0.05, 0) is 68.9 Å². The van der Waals surface area contributed by atoms with Gasteiger partial charge in [-0.2, -0.15) is 0 Å². The second kappa shape index (κ2) is 6.19. The lowest BCUT2D eigenvalue weighted by molar-refractivity contribution is 0.215. The van der Waals surface area contributed by atoms with Gasteiger partial charge >= 0.3 is 6.09 Å². The molecule has 0 radical (unpaired) electrons. The van der Waals surface area contributed by atoms with Gasteiger partial charge in [0.15, 0.2) is 0 Å². The summed E-state index contributed by atoms with van der Waals surface area (Å²) >= 11 is 5.61. The van der Waals surface area contributed by atoms with Gasteiger partial charge in [0.1, 0.15) is 5.75 Å². The molecule has 0 aliphatic heterocycles. The molecule has 92 valence electrons. The van der Waals surface area contributed by atoms with Crippen molar-refractivity contribution < 1.29 is 9.53 Å². The molecule has 3 nitrogen and oxygen atoms in total. The second-order valence-corrected chi connectivity index (χ2v) is 5.47. The first-order valence-corrected chi connectivity index (χ1v) is 7.01. The number of halogens is 2. The Morgan fingerprint density at radius 2 is 1.89 bits per heavy atom. The molecule has 0 atom stereocenters. The molecule has 2 aromatic rings. The summed E-state index contributed by atoms with van der Waals surface area (Å²) in [5.41, 5.74) is 0.684. The summed E-state index contributed by atoms with van der Waals surface area (Å²) in [4.78, 5) is 11.6. The molecule has 0 heterocycles. The van der Waals surface area contributed by atoms with Crippen LogP contribution in [0.25, 0.3) is 0 Å². The number of ether oxygens (including phenoxy) is 1. The highest BCUT2D eigenvalue weighted by Gasteiger charge is 2.05. The molecule has 0 saturated carbocycles. The average molecular weight is 418 g/mol. The number of carbonyl (C=O) groups excluding carboxylic acids is 1. The Morgan fingerprint density at radius 1 is 1.17 bits per heavy atom. The summed E-state index contributed by atoms with van der Waals surface area (Å²) in [6, 6.07) is 14.5. The van der Waals surface area contributed by atoms with Gasteiger partial charge < -0.3 is 4.74 Å². The zero-order valence-electron chi connectivity index (χ0n) is 9.19. The fraction of sp³-hybridized carbons (Fsp3) is 0. The van der Waals surface area contributed by atoms with E-state index in [1.165, 1.54) is 0 Å². The maximum atomic E-state index is 11.6. The smallest absolute Gasteiger partial charge is 0.410 e. The Labute approximate surface area is 127 Å². The lowest BCUT2D eigenvalue weighted by atomic mass is 10.3. The summed E-state index contributed by atoms with van der Waals surface area (Å²) in [5.74, 6) is 0.513. The lowest BCUT2D eigenvalue weighted by Crippen LogP contribution is -2.16. The number of para-hydroxylation sites is 1. The number of hydrogen-bond donors (Lipinski definition) is 1. The van der Waals surface area contributed by atoms with Crippen LogP contribution in [-0.4, -0.2) is 6.09 Å². The van der Waals surface area contributed by atoms with Crippen LogP contribution in [0.1, 0.15) is 0 Å². The molecule has 2 aromatic carbocycles. The summed E-state index contributed by atoms with van der Waals surface area (Å²) in [7, 11) is 0. The van der Waals surface area contributed by atoms with Gasteiger partial charge in [0.05, 0.1) is 0 Å². The normalized spacial score (nSPS) is 9.89. The van der Waals surface area contributed by atoms with E-state index < -0.39 is 6.09 Å². The quantitative estimate of drug-likeness (QED) is 0.721. The highest BCUT2D eigenvalue weighted by Crippen LogP contribution is 2.23. The molecule has 5 heteroatoms. The number of benzene rings is 2.